The van der Waals surface area contributed by atoms with Crippen molar-refractivity contribution in [3.8, 4) is 5.75 Å². The molecule has 0 bridgehead atoms. The monoisotopic (exact) mass is 353 g/mol. The maximum Gasteiger partial charge on any atom is 0.313 e. The molecule has 0 aromatic heterocycles. The number of rotatable bonds is 7. The van der Waals surface area contributed by atoms with Gasteiger partial charge in [0, 0.05) is 25.1 Å². The Labute approximate surface area is 146 Å². The molecule has 1 saturated heterocycles. The number of ether oxygens (including phenoxy) is 2. The molecule has 0 saturated carbocycles. The normalized spacial score (nSPS) is 20.7. The summed E-state index contributed by atoms with van der Waals surface area (Å²) in [6, 6.07) is 7.52. The van der Waals surface area contributed by atoms with Crippen molar-refractivity contribution in [3.63, 3.8) is 0 Å². The number of carbonyl (C=O) groups excluding carboxylic acids is 1. The molecule has 24 heavy (non-hydrogen) atoms. The van der Waals surface area contributed by atoms with Crippen LogP contribution in [-0.4, -0.2) is 61.6 Å². The van der Waals surface area contributed by atoms with Gasteiger partial charge in [-0.05, 0) is 31.0 Å². The van der Waals surface area contributed by atoms with Gasteiger partial charge in [0.25, 0.3) is 0 Å². The minimum atomic E-state index is -0.997. The average molecular weight is 353 g/mol. The smallest absolute Gasteiger partial charge is 0.313 e. The standard InChI is InChI=1S/C17H23NO5S/c1-22-12-17(16(20)21)7-4-8-18(11-17)15(19)10-24-14-6-3-5-13(9-14)23-2/h3,5-6,9H,4,7-8,10-12H2,1-2H3,(H,20,21). The van der Waals surface area contributed by atoms with Gasteiger partial charge in [-0.25, -0.2) is 0 Å². The lowest BCUT2D eigenvalue weighted by molar-refractivity contribution is -0.158. The highest BCUT2D eigenvalue weighted by atomic mass is 32.2. The Morgan fingerprint density at radius 1 is 1.38 bits per heavy atom. The summed E-state index contributed by atoms with van der Waals surface area (Å²) >= 11 is 1.42. The van der Waals surface area contributed by atoms with Crippen LogP contribution < -0.4 is 4.74 Å². The molecule has 1 atom stereocenters. The largest absolute Gasteiger partial charge is 0.497 e. The van der Waals surface area contributed by atoms with Crippen molar-refractivity contribution in [1.82, 2.24) is 4.90 Å². The number of methoxy groups -OCH3 is 2. The maximum absolute atomic E-state index is 12.5. The first-order chi connectivity index (χ1) is 11.5. The van der Waals surface area contributed by atoms with Crippen LogP contribution in [0.2, 0.25) is 0 Å². The maximum atomic E-state index is 12.5. The lowest BCUT2D eigenvalue weighted by Crippen LogP contribution is -2.52. The summed E-state index contributed by atoms with van der Waals surface area (Å²) in [7, 11) is 3.09. The van der Waals surface area contributed by atoms with Crippen LogP contribution >= 0.6 is 11.8 Å². The van der Waals surface area contributed by atoms with Crippen LogP contribution in [0.15, 0.2) is 29.2 Å². The highest BCUT2D eigenvalue weighted by molar-refractivity contribution is 8.00. The quantitative estimate of drug-likeness (QED) is 0.757. The highest BCUT2D eigenvalue weighted by Crippen LogP contribution is 2.31. The number of carbonyl (C=O) groups is 2. The van der Waals surface area contributed by atoms with E-state index in [0.717, 1.165) is 10.6 Å². The first-order valence-electron chi connectivity index (χ1n) is 7.78. The summed E-state index contributed by atoms with van der Waals surface area (Å²) < 4.78 is 10.3. The fourth-order valence-electron chi connectivity index (χ4n) is 2.90. The zero-order valence-electron chi connectivity index (χ0n) is 14.0. The van der Waals surface area contributed by atoms with Gasteiger partial charge in [0.15, 0.2) is 0 Å². The van der Waals surface area contributed by atoms with Crippen molar-refractivity contribution in [2.45, 2.75) is 17.7 Å². The third-order valence-electron chi connectivity index (χ3n) is 4.21. The minimum Gasteiger partial charge on any atom is -0.497 e. The minimum absolute atomic E-state index is 0.0516. The number of thioether (sulfide) groups is 1. The van der Waals surface area contributed by atoms with Gasteiger partial charge in [0.05, 0.1) is 19.5 Å². The third-order valence-corrected chi connectivity index (χ3v) is 5.19. The van der Waals surface area contributed by atoms with Gasteiger partial charge in [-0.1, -0.05) is 6.07 Å². The molecule has 1 aliphatic rings. The Hall–Kier alpha value is -1.73. The zero-order chi connectivity index (χ0) is 17.6. The van der Waals surface area contributed by atoms with E-state index >= 15 is 0 Å². The number of piperidine rings is 1. The highest BCUT2D eigenvalue weighted by Gasteiger charge is 2.43. The molecular weight excluding hydrogens is 330 g/mol. The number of hydrogen-bond acceptors (Lipinski definition) is 5. The van der Waals surface area contributed by atoms with Gasteiger partial charge >= 0.3 is 5.97 Å². The van der Waals surface area contributed by atoms with Crippen molar-refractivity contribution in [2.75, 3.05) is 39.7 Å². The number of aliphatic carboxylic acids is 1. The molecule has 1 aromatic carbocycles. The number of benzene rings is 1. The van der Waals surface area contributed by atoms with Crippen LogP contribution in [0.1, 0.15) is 12.8 Å². The Kier molecular flexibility index (Phi) is 6.51. The number of carboxylic acid groups (broad SMARTS) is 1. The number of amides is 1. The van der Waals surface area contributed by atoms with Gasteiger partial charge in [0.2, 0.25) is 5.91 Å². The van der Waals surface area contributed by atoms with Gasteiger partial charge in [0.1, 0.15) is 11.2 Å². The summed E-state index contributed by atoms with van der Waals surface area (Å²) in [6.07, 6.45) is 1.20. The van der Waals surface area contributed by atoms with Crippen LogP contribution in [0.3, 0.4) is 0 Å². The van der Waals surface area contributed by atoms with E-state index in [9.17, 15) is 14.7 Å². The molecule has 1 aliphatic heterocycles. The molecule has 0 aliphatic carbocycles. The molecular formula is C17H23NO5S. The van der Waals surface area contributed by atoms with Crippen molar-refractivity contribution < 1.29 is 24.2 Å². The Balaban J connectivity index is 1.97. The summed E-state index contributed by atoms with van der Waals surface area (Å²) in [5.41, 5.74) is -0.997. The molecule has 1 aromatic rings. The summed E-state index contributed by atoms with van der Waals surface area (Å²) in [5.74, 6) is 0.0671. The SMILES string of the molecule is COCC1(C(=O)O)CCCN(C(=O)CSc2cccc(OC)c2)C1. The van der Waals surface area contributed by atoms with Crippen LogP contribution in [0.5, 0.6) is 5.75 Å². The van der Waals surface area contributed by atoms with Crippen LogP contribution in [-0.2, 0) is 14.3 Å². The third kappa shape index (κ3) is 4.42. The first-order valence-corrected chi connectivity index (χ1v) is 8.76. The summed E-state index contributed by atoms with van der Waals surface area (Å²) in [4.78, 5) is 26.7. The molecule has 1 N–H and O–H groups in total. The Morgan fingerprint density at radius 3 is 2.83 bits per heavy atom. The molecule has 7 heteroatoms. The molecule has 1 fully saturated rings. The lowest BCUT2D eigenvalue weighted by Gasteiger charge is -2.39. The molecule has 1 heterocycles. The van der Waals surface area contributed by atoms with E-state index in [2.05, 4.69) is 0 Å². The lowest BCUT2D eigenvalue weighted by atomic mass is 9.80. The topological polar surface area (TPSA) is 76.1 Å². The van der Waals surface area contributed by atoms with Crippen molar-refractivity contribution >= 4 is 23.6 Å². The predicted molar refractivity (Wildman–Crippen MR) is 91.5 cm³/mol. The second-order valence-electron chi connectivity index (χ2n) is 5.91. The van der Waals surface area contributed by atoms with Gasteiger partial charge in [-0.3, -0.25) is 9.59 Å². The molecule has 0 radical (unpaired) electrons. The summed E-state index contributed by atoms with van der Waals surface area (Å²) in [6.45, 7) is 0.916. The number of nitrogens with zero attached hydrogens (tertiary/aromatic N) is 1. The van der Waals surface area contributed by atoms with E-state index in [-0.39, 0.29) is 24.8 Å². The number of carboxylic acids is 1. The van der Waals surface area contributed by atoms with Crippen LogP contribution in [0.4, 0.5) is 0 Å². The average Bonchev–Trinajstić information content (AvgIpc) is 2.60. The van der Waals surface area contributed by atoms with E-state index in [1.807, 2.05) is 24.3 Å². The van der Waals surface area contributed by atoms with Crippen molar-refractivity contribution in [3.05, 3.63) is 24.3 Å². The molecule has 2 rings (SSSR count). The fourth-order valence-corrected chi connectivity index (χ4v) is 3.75. The van der Waals surface area contributed by atoms with Crippen molar-refractivity contribution in [2.24, 2.45) is 5.41 Å². The van der Waals surface area contributed by atoms with Crippen LogP contribution in [0.25, 0.3) is 0 Å². The van der Waals surface area contributed by atoms with Gasteiger partial charge in [-0.15, -0.1) is 11.8 Å². The second-order valence-corrected chi connectivity index (χ2v) is 6.95. The second kappa shape index (κ2) is 8.39. The van der Waals surface area contributed by atoms with Crippen molar-refractivity contribution in [1.29, 1.82) is 0 Å². The Bertz CT molecular complexity index is 590. The van der Waals surface area contributed by atoms with E-state index in [4.69, 9.17) is 9.47 Å². The molecule has 132 valence electrons. The van der Waals surface area contributed by atoms with E-state index < -0.39 is 11.4 Å². The Morgan fingerprint density at radius 2 is 2.17 bits per heavy atom. The van der Waals surface area contributed by atoms with Gasteiger partial charge < -0.3 is 19.5 Å². The molecule has 0 spiro atoms. The first kappa shape index (κ1) is 18.6. The van der Waals surface area contributed by atoms with Crippen LogP contribution in [0, 0.1) is 5.41 Å². The zero-order valence-corrected chi connectivity index (χ0v) is 14.8. The molecule has 1 unspecified atom stereocenters. The number of likely N-dealkylation sites (tertiary alicyclic amines) is 1. The summed E-state index contributed by atoms with van der Waals surface area (Å²) in [5, 5.41) is 9.55. The number of hydrogen-bond donors (Lipinski definition) is 1. The van der Waals surface area contributed by atoms with E-state index in [0.29, 0.717) is 19.4 Å². The van der Waals surface area contributed by atoms with E-state index in [1.54, 1.807) is 12.0 Å². The molecule has 6 nitrogen and oxygen atoms in total. The molecule has 1 amide bonds. The predicted octanol–water partition coefficient (Wildman–Crippen LogP) is 2.13. The van der Waals surface area contributed by atoms with Gasteiger partial charge in [-0.2, -0.15) is 0 Å². The fraction of sp³-hybridized carbons (Fsp3) is 0.529. The van der Waals surface area contributed by atoms with E-state index in [1.165, 1.54) is 18.9 Å².